The van der Waals surface area contributed by atoms with Crippen molar-refractivity contribution < 1.29 is 9.59 Å². The lowest BCUT2D eigenvalue weighted by atomic mass is 10.1. The van der Waals surface area contributed by atoms with Gasteiger partial charge in [-0.25, -0.2) is 4.79 Å². The van der Waals surface area contributed by atoms with Gasteiger partial charge in [0.1, 0.15) is 5.54 Å². The van der Waals surface area contributed by atoms with Crippen LogP contribution in [0.5, 0.6) is 0 Å². The van der Waals surface area contributed by atoms with Crippen molar-refractivity contribution in [1.29, 1.82) is 0 Å². The fourth-order valence-corrected chi connectivity index (χ4v) is 2.81. The van der Waals surface area contributed by atoms with Crippen LogP contribution < -0.4 is 5.32 Å². The van der Waals surface area contributed by atoms with Crippen molar-refractivity contribution in [3.05, 3.63) is 0 Å². The maximum Gasteiger partial charge on any atom is 0.325 e. The van der Waals surface area contributed by atoms with E-state index in [9.17, 15) is 9.59 Å². The Morgan fingerprint density at radius 1 is 1.33 bits per heavy atom. The van der Waals surface area contributed by atoms with Gasteiger partial charge in [-0.2, -0.15) is 0 Å². The summed E-state index contributed by atoms with van der Waals surface area (Å²) in [6.45, 7) is 4.74. The molecule has 0 aromatic heterocycles. The average Bonchev–Trinajstić information content (AvgIpc) is 2.86. The van der Waals surface area contributed by atoms with Crippen molar-refractivity contribution in [3.8, 4) is 0 Å². The Morgan fingerprint density at radius 3 is 2.44 bits per heavy atom. The lowest BCUT2D eigenvalue weighted by Crippen LogP contribution is -2.42. The first-order valence-corrected chi connectivity index (χ1v) is 6.76. The molecular weight excluding hydrogens is 230 g/mol. The van der Waals surface area contributed by atoms with E-state index in [2.05, 4.69) is 17.3 Å². The van der Waals surface area contributed by atoms with Crippen LogP contribution in [0.2, 0.25) is 0 Å². The normalized spacial score (nSPS) is 24.1. The zero-order chi connectivity index (χ0) is 13.3. The van der Waals surface area contributed by atoms with Crippen LogP contribution in [0, 0.1) is 0 Å². The van der Waals surface area contributed by atoms with Gasteiger partial charge >= 0.3 is 6.03 Å². The molecular formula is C13H23N3O2. The van der Waals surface area contributed by atoms with Crippen molar-refractivity contribution in [2.45, 2.75) is 51.1 Å². The maximum absolute atomic E-state index is 12.0. The molecule has 5 heteroatoms. The molecule has 0 atom stereocenters. The zero-order valence-electron chi connectivity index (χ0n) is 11.5. The van der Waals surface area contributed by atoms with Gasteiger partial charge in [-0.3, -0.25) is 9.69 Å². The fourth-order valence-electron chi connectivity index (χ4n) is 2.81. The summed E-state index contributed by atoms with van der Waals surface area (Å²) in [4.78, 5) is 27.3. The number of rotatable bonds is 4. The van der Waals surface area contributed by atoms with Gasteiger partial charge in [0, 0.05) is 19.1 Å². The number of amides is 3. The summed E-state index contributed by atoms with van der Waals surface area (Å²) in [6, 6.07) is 0.364. The minimum Gasteiger partial charge on any atom is -0.324 e. The molecule has 0 bridgehead atoms. The number of carbonyl (C=O) groups is 2. The highest BCUT2D eigenvalue weighted by Crippen LogP contribution is 2.22. The van der Waals surface area contributed by atoms with Gasteiger partial charge in [0.25, 0.3) is 5.91 Å². The molecule has 3 amide bonds. The molecule has 2 rings (SSSR count). The Morgan fingerprint density at radius 2 is 1.94 bits per heavy atom. The number of hydrogen-bond donors (Lipinski definition) is 1. The van der Waals surface area contributed by atoms with Gasteiger partial charge in [-0.1, -0.05) is 12.8 Å². The van der Waals surface area contributed by atoms with Crippen LogP contribution in [-0.4, -0.2) is 53.5 Å². The van der Waals surface area contributed by atoms with E-state index in [0.717, 1.165) is 6.54 Å². The summed E-state index contributed by atoms with van der Waals surface area (Å²) in [5.74, 6) is -0.118. The van der Waals surface area contributed by atoms with Gasteiger partial charge in [0.15, 0.2) is 0 Å². The SMILES string of the molecule is CN(CCN1C(=O)NC(C)(C)C1=O)C1CCCC1. The number of nitrogens with one attached hydrogen (secondary N) is 1. The second kappa shape index (κ2) is 4.88. The van der Waals surface area contributed by atoms with E-state index in [1.165, 1.54) is 30.6 Å². The van der Waals surface area contributed by atoms with Crippen LogP contribution in [-0.2, 0) is 4.79 Å². The first-order chi connectivity index (χ1) is 8.42. The molecule has 1 aliphatic carbocycles. The molecule has 0 aromatic carbocycles. The molecule has 1 saturated heterocycles. The zero-order valence-corrected chi connectivity index (χ0v) is 11.5. The molecule has 1 saturated carbocycles. The molecule has 18 heavy (non-hydrogen) atoms. The van der Waals surface area contributed by atoms with Gasteiger partial charge in [-0.15, -0.1) is 0 Å². The molecule has 2 fully saturated rings. The predicted molar refractivity (Wildman–Crippen MR) is 69.2 cm³/mol. The summed E-state index contributed by atoms with van der Waals surface area (Å²) >= 11 is 0. The molecule has 1 heterocycles. The number of likely N-dealkylation sites (N-methyl/N-ethyl adjacent to an activating group) is 1. The average molecular weight is 253 g/mol. The minimum absolute atomic E-state index is 0.118. The molecule has 5 nitrogen and oxygen atoms in total. The van der Waals surface area contributed by atoms with Gasteiger partial charge < -0.3 is 10.2 Å². The molecule has 102 valence electrons. The summed E-state index contributed by atoms with van der Waals surface area (Å²) < 4.78 is 0. The Balaban J connectivity index is 1.86. The van der Waals surface area contributed by atoms with E-state index >= 15 is 0 Å². The monoisotopic (exact) mass is 253 g/mol. The first kappa shape index (κ1) is 13.3. The second-order valence-electron chi connectivity index (χ2n) is 5.93. The van der Waals surface area contributed by atoms with Crippen molar-refractivity contribution in [2.75, 3.05) is 20.1 Å². The van der Waals surface area contributed by atoms with Gasteiger partial charge in [-0.05, 0) is 33.7 Å². The lowest BCUT2D eigenvalue weighted by Gasteiger charge is -2.25. The maximum atomic E-state index is 12.0. The van der Waals surface area contributed by atoms with Crippen LogP contribution in [0.1, 0.15) is 39.5 Å². The molecule has 1 aliphatic heterocycles. The summed E-state index contributed by atoms with van der Waals surface area (Å²) in [5, 5.41) is 2.71. The largest absolute Gasteiger partial charge is 0.325 e. The Bertz CT molecular complexity index is 348. The Kier molecular flexibility index (Phi) is 3.61. The molecule has 0 spiro atoms. The van der Waals surface area contributed by atoms with Crippen LogP contribution in [0.4, 0.5) is 4.79 Å². The van der Waals surface area contributed by atoms with Crippen molar-refractivity contribution in [2.24, 2.45) is 0 Å². The van der Waals surface area contributed by atoms with Crippen molar-refractivity contribution in [1.82, 2.24) is 15.1 Å². The molecule has 2 aliphatic rings. The van der Waals surface area contributed by atoms with E-state index in [4.69, 9.17) is 0 Å². The van der Waals surface area contributed by atoms with Crippen molar-refractivity contribution >= 4 is 11.9 Å². The van der Waals surface area contributed by atoms with Crippen LogP contribution in [0.3, 0.4) is 0 Å². The number of carbonyl (C=O) groups excluding carboxylic acids is 2. The fraction of sp³-hybridized carbons (Fsp3) is 0.846. The minimum atomic E-state index is -0.747. The lowest BCUT2D eigenvalue weighted by molar-refractivity contribution is -0.130. The third-order valence-corrected chi connectivity index (χ3v) is 4.07. The number of urea groups is 1. The van der Waals surface area contributed by atoms with E-state index in [1.54, 1.807) is 13.8 Å². The van der Waals surface area contributed by atoms with Crippen LogP contribution >= 0.6 is 0 Å². The number of hydrogen-bond acceptors (Lipinski definition) is 3. The third-order valence-electron chi connectivity index (χ3n) is 4.07. The second-order valence-corrected chi connectivity index (χ2v) is 5.93. The van der Waals surface area contributed by atoms with E-state index in [-0.39, 0.29) is 11.9 Å². The number of imide groups is 1. The molecule has 0 aromatic rings. The van der Waals surface area contributed by atoms with Gasteiger partial charge in [0.2, 0.25) is 0 Å². The van der Waals surface area contributed by atoms with Crippen molar-refractivity contribution in [3.63, 3.8) is 0 Å². The van der Waals surface area contributed by atoms with E-state index < -0.39 is 5.54 Å². The van der Waals surface area contributed by atoms with Crippen LogP contribution in [0.25, 0.3) is 0 Å². The highest BCUT2D eigenvalue weighted by Gasteiger charge is 2.44. The van der Waals surface area contributed by atoms with E-state index in [0.29, 0.717) is 12.6 Å². The molecule has 1 N–H and O–H groups in total. The quantitative estimate of drug-likeness (QED) is 0.766. The first-order valence-electron chi connectivity index (χ1n) is 6.76. The van der Waals surface area contributed by atoms with Crippen LogP contribution in [0.15, 0.2) is 0 Å². The predicted octanol–water partition coefficient (Wildman–Crippen LogP) is 1.19. The third kappa shape index (κ3) is 2.51. The summed E-state index contributed by atoms with van der Waals surface area (Å²) in [6.07, 6.45) is 5.07. The highest BCUT2D eigenvalue weighted by molar-refractivity contribution is 6.06. The summed E-state index contributed by atoms with van der Waals surface area (Å²) in [7, 11) is 2.08. The Hall–Kier alpha value is -1.10. The Labute approximate surface area is 108 Å². The van der Waals surface area contributed by atoms with E-state index in [1.807, 2.05) is 0 Å². The topological polar surface area (TPSA) is 52.6 Å². The molecule has 0 radical (unpaired) electrons. The molecule has 0 unspecified atom stereocenters. The standard InChI is InChI=1S/C13H23N3O2/c1-13(2)11(17)16(12(18)14-13)9-8-15(3)10-6-4-5-7-10/h10H,4-9H2,1-3H3,(H,14,18). The number of nitrogens with zero attached hydrogens (tertiary/aromatic N) is 2. The van der Waals surface area contributed by atoms with Gasteiger partial charge in [0.05, 0.1) is 0 Å². The highest BCUT2D eigenvalue weighted by atomic mass is 16.2. The summed E-state index contributed by atoms with van der Waals surface area (Å²) in [5.41, 5.74) is -0.747. The smallest absolute Gasteiger partial charge is 0.324 e.